The van der Waals surface area contributed by atoms with Crippen molar-refractivity contribution in [3.05, 3.63) is 35.4 Å². The third-order valence-corrected chi connectivity index (χ3v) is 4.33. The Morgan fingerprint density at radius 3 is 2.32 bits per heavy atom. The molecule has 1 aromatic carbocycles. The average molecular weight is 261 g/mol. The van der Waals surface area contributed by atoms with E-state index in [1.165, 1.54) is 18.4 Å². The number of nitrogens with zero attached hydrogens (tertiary/aromatic N) is 1. The Bertz CT molecular complexity index is 435. The van der Waals surface area contributed by atoms with Gasteiger partial charge in [-0.2, -0.15) is 0 Å². The van der Waals surface area contributed by atoms with Crippen LogP contribution in [-0.2, 0) is 10.3 Å². The average Bonchev–Trinajstić information content (AvgIpc) is 2.91. The maximum Gasteiger partial charge on any atom is 0.305 e. The van der Waals surface area contributed by atoms with Crippen LogP contribution < -0.4 is 0 Å². The van der Waals surface area contributed by atoms with Gasteiger partial charge in [-0.05, 0) is 44.8 Å². The van der Waals surface area contributed by atoms with Crippen molar-refractivity contribution in [2.45, 2.75) is 45.1 Å². The second-order valence-electron chi connectivity index (χ2n) is 5.52. The summed E-state index contributed by atoms with van der Waals surface area (Å²) in [4.78, 5) is 13.7. The Morgan fingerprint density at radius 2 is 1.84 bits per heavy atom. The summed E-state index contributed by atoms with van der Waals surface area (Å²) in [6, 6.07) is 8.36. The number of likely N-dealkylation sites (tertiary alicyclic amines) is 1. The van der Waals surface area contributed by atoms with Gasteiger partial charge in [-0.25, -0.2) is 0 Å². The third kappa shape index (κ3) is 2.81. The lowest BCUT2D eigenvalue weighted by Gasteiger charge is -2.41. The lowest BCUT2D eigenvalue weighted by atomic mass is 9.82. The molecule has 1 aromatic rings. The van der Waals surface area contributed by atoms with Crippen LogP contribution in [0.1, 0.15) is 43.7 Å². The van der Waals surface area contributed by atoms with Crippen molar-refractivity contribution < 1.29 is 9.90 Å². The number of hydrogen-bond donors (Lipinski definition) is 1. The highest BCUT2D eigenvalue weighted by Gasteiger charge is 2.40. The third-order valence-electron chi connectivity index (χ3n) is 4.33. The summed E-state index contributed by atoms with van der Waals surface area (Å²) in [6.45, 7) is 6.18. The Labute approximate surface area is 115 Å². The first kappa shape index (κ1) is 14.1. The molecule has 0 amide bonds. The SMILES string of the molecule is CCC(CC(=O)O)(c1ccc(C)cc1)N1CCCC1. The fourth-order valence-electron chi connectivity index (χ4n) is 3.21. The fraction of sp³-hybridized carbons (Fsp3) is 0.562. The molecule has 104 valence electrons. The molecule has 0 saturated carbocycles. The van der Waals surface area contributed by atoms with E-state index >= 15 is 0 Å². The van der Waals surface area contributed by atoms with Gasteiger partial charge in [0.05, 0.1) is 12.0 Å². The smallest absolute Gasteiger partial charge is 0.305 e. The molecule has 19 heavy (non-hydrogen) atoms. The number of carboxylic acids is 1. The van der Waals surface area contributed by atoms with Gasteiger partial charge in [0.15, 0.2) is 0 Å². The van der Waals surface area contributed by atoms with Crippen LogP contribution in [-0.4, -0.2) is 29.1 Å². The summed E-state index contributed by atoms with van der Waals surface area (Å²) in [7, 11) is 0. The number of benzene rings is 1. The zero-order valence-corrected chi connectivity index (χ0v) is 11.9. The molecule has 3 nitrogen and oxygen atoms in total. The number of rotatable bonds is 5. The lowest BCUT2D eigenvalue weighted by Crippen LogP contribution is -2.45. The Morgan fingerprint density at radius 1 is 1.26 bits per heavy atom. The molecule has 3 heteroatoms. The molecule has 1 unspecified atom stereocenters. The van der Waals surface area contributed by atoms with Crippen molar-refractivity contribution in [1.82, 2.24) is 4.90 Å². The highest BCUT2D eigenvalue weighted by atomic mass is 16.4. The predicted octanol–water partition coefficient (Wildman–Crippen LogP) is 3.17. The van der Waals surface area contributed by atoms with Crippen molar-refractivity contribution in [1.29, 1.82) is 0 Å². The van der Waals surface area contributed by atoms with Gasteiger partial charge in [-0.15, -0.1) is 0 Å². The Hall–Kier alpha value is -1.35. The zero-order valence-electron chi connectivity index (χ0n) is 11.9. The number of carbonyl (C=O) groups is 1. The second-order valence-corrected chi connectivity index (χ2v) is 5.52. The van der Waals surface area contributed by atoms with Crippen LogP contribution in [0.25, 0.3) is 0 Å². The van der Waals surface area contributed by atoms with Gasteiger partial charge in [-0.3, -0.25) is 9.69 Å². The van der Waals surface area contributed by atoms with Crippen LogP contribution in [0, 0.1) is 6.92 Å². The minimum absolute atomic E-state index is 0.187. The molecule has 1 N–H and O–H groups in total. The highest BCUT2D eigenvalue weighted by Crippen LogP contribution is 2.38. The van der Waals surface area contributed by atoms with Crippen molar-refractivity contribution >= 4 is 5.97 Å². The summed E-state index contributed by atoms with van der Waals surface area (Å²) >= 11 is 0. The number of aliphatic carboxylic acids is 1. The van der Waals surface area contributed by atoms with Gasteiger partial charge in [-0.1, -0.05) is 36.8 Å². The van der Waals surface area contributed by atoms with E-state index in [0.29, 0.717) is 0 Å². The first-order chi connectivity index (χ1) is 9.08. The molecule has 0 aromatic heterocycles. The zero-order chi connectivity index (χ0) is 13.9. The first-order valence-corrected chi connectivity index (χ1v) is 7.12. The van der Waals surface area contributed by atoms with Gasteiger partial charge in [0, 0.05) is 0 Å². The molecule has 1 aliphatic rings. The highest BCUT2D eigenvalue weighted by molar-refractivity contribution is 5.69. The summed E-state index contributed by atoms with van der Waals surface area (Å²) in [6.07, 6.45) is 3.37. The maximum atomic E-state index is 11.3. The van der Waals surface area contributed by atoms with Gasteiger partial charge < -0.3 is 5.11 Å². The molecule has 1 aliphatic heterocycles. The summed E-state index contributed by atoms with van der Waals surface area (Å²) in [5, 5.41) is 9.33. The standard InChI is InChI=1S/C16H23NO2/c1-3-16(12-15(18)19,17-10-4-5-11-17)14-8-6-13(2)7-9-14/h6-9H,3-5,10-12H2,1-2H3,(H,18,19). The van der Waals surface area contributed by atoms with Gasteiger partial charge in [0.1, 0.15) is 0 Å². The van der Waals surface area contributed by atoms with Gasteiger partial charge >= 0.3 is 5.97 Å². The van der Waals surface area contributed by atoms with Gasteiger partial charge in [0.2, 0.25) is 0 Å². The van der Waals surface area contributed by atoms with E-state index in [4.69, 9.17) is 0 Å². The van der Waals surface area contributed by atoms with E-state index in [1.807, 2.05) is 0 Å². The molecule has 0 spiro atoms. The molecule has 2 rings (SSSR count). The normalized spacial score (nSPS) is 19.3. The molecular formula is C16H23NO2. The van der Waals surface area contributed by atoms with E-state index < -0.39 is 5.97 Å². The minimum Gasteiger partial charge on any atom is -0.481 e. The van der Waals surface area contributed by atoms with E-state index in [9.17, 15) is 9.90 Å². The molecule has 0 aliphatic carbocycles. The van der Waals surface area contributed by atoms with Crippen molar-refractivity contribution in [2.24, 2.45) is 0 Å². The monoisotopic (exact) mass is 261 g/mol. The topological polar surface area (TPSA) is 40.5 Å². The predicted molar refractivity (Wildman–Crippen MR) is 76.2 cm³/mol. The van der Waals surface area contributed by atoms with Crippen molar-refractivity contribution in [3.8, 4) is 0 Å². The van der Waals surface area contributed by atoms with Crippen LogP contribution in [0.5, 0.6) is 0 Å². The largest absolute Gasteiger partial charge is 0.481 e. The molecule has 1 atom stereocenters. The van der Waals surface area contributed by atoms with Crippen LogP contribution in [0.2, 0.25) is 0 Å². The lowest BCUT2D eigenvalue weighted by molar-refractivity contribution is -0.140. The van der Waals surface area contributed by atoms with Crippen molar-refractivity contribution in [2.75, 3.05) is 13.1 Å². The summed E-state index contributed by atoms with van der Waals surface area (Å²) in [5.41, 5.74) is 2.02. The van der Waals surface area contributed by atoms with Crippen LogP contribution in [0.4, 0.5) is 0 Å². The van der Waals surface area contributed by atoms with Gasteiger partial charge in [0.25, 0.3) is 0 Å². The van der Waals surface area contributed by atoms with E-state index in [0.717, 1.165) is 25.1 Å². The van der Waals surface area contributed by atoms with E-state index in [-0.39, 0.29) is 12.0 Å². The fourth-order valence-corrected chi connectivity index (χ4v) is 3.21. The Kier molecular flexibility index (Phi) is 4.25. The summed E-state index contributed by atoms with van der Waals surface area (Å²) < 4.78 is 0. The second kappa shape index (κ2) is 5.74. The molecule has 1 saturated heterocycles. The molecular weight excluding hydrogens is 238 g/mol. The van der Waals surface area contributed by atoms with E-state index in [2.05, 4.69) is 43.0 Å². The number of aryl methyl sites for hydroxylation is 1. The van der Waals surface area contributed by atoms with Crippen molar-refractivity contribution in [3.63, 3.8) is 0 Å². The summed E-state index contributed by atoms with van der Waals surface area (Å²) in [5.74, 6) is -0.714. The molecule has 1 fully saturated rings. The minimum atomic E-state index is -0.714. The maximum absolute atomic E-state index is 11.3. The van der Waals surface area contributed by atoms with Crippen LogP contribution >= 0.6 is 0 Å². The number of carboxylic acid groups (broad SMARTS) is 1. The molecule has 0 bridgehead atoms. The van der Waals surface area contributed by atoms with Crippen LogP contribution in [0.15, 0.2) is 24.3 Å². The van der Waals surface area contributed by atoms with Crippen LogP contribution in [0.3, 0.4) is 0 Å². The number of hydrogen-bond acceptors (Lipinski definition) is 2. The van der Waals surface area contributed by atoms with E-state index in [1.54, 1.807) is 0 Å². The quantitative estimate of drug-likeness (QED) is 0.885. The molecule has 0 radical (unpaired) electrons. The first-order valence-electron chi connectivity index (χ1n) is 7.12. The Balaban J connectivity index is 2.41. The molecule has 1 heterocycles.